The molecule has 0 amide bonds. The monoisotopic (exact) mass is 122 g/mol. The number of hydrogen-bond donors (Lipinski definition) is 0. The summed E-state index contributed by atoms with van der Waals surface area (Å²) < 4.78 is 0. The van der Waals surface area contributed by atoms with Gasteiger partial charge in [-0.3, -0.25) is 0 Å². The molecule has 0 saturated heterocycles. The molecule has 0 aliphatic heterocycles. The maximum atomic E-state index is 3.54. The van der Waals surface area contributed by atoms with Crippen molar-refractivity contribution in [3.8, 4) is 0 Å². The van der Waals surface area contributed by atoms with Crippen molar-refractivity contribution in [3.63, 3.8) is 0 Å². The van der Waals surface area contributed by atoms with E-state index in [4.69, 9.17) is 0 Å². The third-order valence-electron chi connectivity index (χ3n) is 0.622. The Bertz CT molecular complexity index is 33.2. The molecule has 0 bridgehead atoms. The molecule has 7 heavy (non-hydrogen) atoms. The Hall–Kier alpha value is 1.38. The molecule has 0 saturated carbocycles. The van der Waals surface area contributed by atoms with E-state index < -0.39 is 0 Å². The molecular formula is C6H11K+. The zero-order valence-corrected chi connectivity index (χ0v) is 8.40. The van der Waals surface area contributed by atoms with Crippen LogP contribution in [0, 0.1) is 6.42 Å². The topological polar surface area (TPSA) is 0 Å². The second-order valence-electron chi connectivity index (χ2n) is 1.26. The fraction of sp³-hybridized carbons (Fsp3) is 0.500. The van der Waals surface area contributed by atoms with Crippen molar-refractivity contribution in [1.82, 2.24) is 0 Å². The summed E-state index contributed by atoms with van der Waals surface area (Å²) in [5.41, 5.74) is 0. The molecule has 0 aromatic carbocycles. The second kappa shape index (κ2) is 10.4. The van der Waals surface area contributed by atoms with Gasteiger partial charge in [0.1, 0.15) is 0 Å². The summed E-state index contributed by atoms with van der Waals surface area (Å²) in [5.74, 6) is 0. The van der Waals surface area contributed by atoms with E-state index in [-0.39, 0.29) is 51.4 Å². The second-order valence-corrected chi connectivity index (χ2v) is 1.26. The van der Waals surface area contributed by atoms with Crippen LogP contribution in [-0.2, 0) is 0 Å². The molecular weight excluding hydrogens is 111 g/mol. The smallest absolute Gasteiger partial charge is 0.103 e. The average molecular weight is 122 g/mol. The van der Waals surface area contributed by atoms with Crippen LogP contribution in [0.2, 0.25) is 0 Å². The van der Waals surface area contributed by atoms with E-state index in [1.54, 1.807) is 0 Å². The third kappa shape index (κ3) is 11.1. The number of unbranched alkanes of at least 4 members (excludes halogenated alkanes) is 2. The van der Waals surface area contributed by atoms with Gasteiger partial charge in [0.2, 0.25) is 0 Å². The summed E-state index contributed by atoms with van der Waals surface area (Å²) in [4.78, 5) is 0. The number of rotatable bonds is 3. The van der Waals surface area contributed by atoms with Gasteiger partial charge < -0.3 is 0 Å². The van der Waals surface area contributed by atoms with Crippen LogP contribution in [0.1, 0.15) is 19.8 Å². The van der Waals surface area contributed by atoms with E-state index in [9.17, 15) is 0 Å². The fourth-order valence-corrected chi connectivity index (χ4v) is 0.285. The predicted molar refractivity (Wildman–Crippen MR) is 29.4 cm³/mol. The van der Waals surface area contributed by atoms with E-state index >= 15 is 0 Å². The number of hydrogen-bond acceptors (Lipinski definition) is 0. The van der Waals surface area contributed by atoms with E-state index in [0.717, 1.165) is 0 Å². The molecule has 0 aromatic heterocycles. The van der Waals surface area contributed by atoms with Crippen LogP contribution in [0.25, 0.3) is 0 Å². The minimum atomic E-state index is 0. The molecule has 0 aromatic rings. The van der Waals surface area contributed by atoms with Crippen LogP contribution in [0.15, 0.2) is 12.7 Å². The van der Waals surface area contributed by atoms with Crippen LogP contribution in [0.5, 0.6) is 0 Å². The summed E-state index contributed by atoms with van der Waals surface area (Å²) in [7, 11) is 0. The molecule has 0 aliphatic carbocycles. The maximum absolute atomic E-state index is 3.54. The first kappa shape index (κ1) is 11.2. The van der Waals surface area contributed by atoms with Gasteiger partial charge in [0.25, 0.3) is 0 Å². The summed E-state index contributed by atoms with van der Waals surface area (Å²) in [6, 6.07) is 0. The molecule has 0 rings (SSSR count). The van der Waals surface area contributed by atoms with Gasteiger partial charge in [-0.15, -0.1) is 6.58 Å². The molecule has 1 radical (unpaired) electrons. The predicted octanol–water partition coefficient (Wildman–Crippen LogP) is -0.819. The zero-order chi connectivity index (χ0) is 4.83. The fourth-order valence-electron chi connectivity index (χ4n) is 0.285. The molecule has 0 aliphatic rings. The third-order valence-corrected chi connectivity index (χ3v) is 0.622. The Balaban J connectivity index is 0. The molecule has 0 fully saturated rings. The summed E-state index contributed by atoms with van der Waals surface area (Å²) >= 11 is 0. The Labute approximate surface area is 88.8 Å². The van der Waals surface area contributed by atoms with Crippen LogP contribution in [0.4, 0.5) is 0 Å². The minimum absolute atomic E-state index is 0. The SMILES string of the molecule is C=C[CH]CCC.[K+]. The summed E-state index contributed by atoms with van der Waals surface area (Å²) in [6.45, 7) is 5.70. The van der Waals surface area contributed by atoms with Crippen molar-refractivity contribution in [2.75, 3.05) is 0 Å². The quantitative estimate of drug-likeness (QED) is 0.339. The average Bonchev–Trinajstić information content (AvgIpc) is 1.61. The van der Waals surface area contributed by atoms with Crippen molar-refractivity contribution >= 4 is 0 Å². The first-order valence-corrected chi connectivity index (χ1v) is 2.36. The first-order valence-electron chi connectivity index (χ1n) is 2.36. The first-order chi connectivity index (χ1) is 2.91. The van der Waals surface area contributed by atoms with Gasteiger partial charge in [0.05, 0.1) is 0 Å². The van der Waals surface area contributed by atoms with Gasteiger partial charge in [-0.05, 0) is 12.8 Å². The summed E-state index contributed by atoms with van der Waals surface area (Å²) in [6.07, 6.45) is 6.30. The van der Waals surface area contributed by atoms with Crippen LogP contribution in [-0.4, -0.2) is 0 Å². The van der Waals surface area contributed by atoms with Gasteiger partial charge in [-0.1, -0.05) is 19.4 Å². The molecule has 0 heterocycles. The van der Waals surface area contributed by atoms with Gasteiger partial charge in [0, 0.05) is 0 Å². The van der Waals surface area contributed by atoms with Gasteiger partial charge >= 0.3 is 51.4 Å². The maximum Gasteiger partial charge on any atom is 1.00 e. The molecule has 0 spiro atoms. The van der Waals surface area contributed by atoms with E-state index in [1.807, 2.05) is 6.08 Å². The molecule has 0 nitrogen and oxygen atoms in total. The molecule has 0 unspecified atom stereocenters. The van der Waals surface area contributed by atoms with Crippen LogP contribution < -0.4 is 51.4 Å². The Morgan fingerprint density at radius 1 is 1.57 bits per heavy atom. The van der Waals surface area contributed by atoms with Gasteiger partial charge in [0.15, 0.2) is 0 Å². The van der Waals surface area contributed by atoms with Crippen molar-refractivity contribution in [2.24, 2.45) is 0 Å². The van der Waals surface area contributed by atoms with Crippen LogP contribution in [0.3, 0.4) is 0 Å². The van der Waals surface area contributed by atoms with Crippen molar-refractivity contribution in [3.05, 3.63) is 19.1 Å². The Morgan fingerprint density at radius 2 is 2.14 bits per heavy atom. The largest absolute Gasteiger partial charge is 1.00 e. The van der Waals surface area contributed by atoms with Crippen molar-refractivity contribution in [1.29, 1.82) is 0 Å². The Morgan fingerprint density at radius 3 is 2.29 bits per heavy atom. The van der Waals surface area contributed by atoms with E-state index in [2.05, 4.69) is 19.9 Å². The standard InChI is InChI=1S/C6H11.K/c1-3-5-6-4-2;/h3,5H,1,4,6H2,2H3;/q;+1. The van der Waals surface area contributed by atoms with Crippen LogP contribution >= 0.6 is 0 Å². The van der Waals surface area contributed by atoms with Crippen molar-refractivity contribution in [2.45, 2.75) is 19.8 Å². The van der Waals surface area contributed by atoms with E-state index in [1.165, 1.54) is 12.8 Å². The molecule has 0 atom stereocenters. The molecule has 1 heteroatoms. The summed E-state index contributed by atoms with van der Waals surface area (Å²) in [5, 5.41) is 0. The number of allylic oxidation sites excluding steroid dienone is 1. The normalized spacial score (nSPS) is 7.00. The van der Waals surface area contributed by atoms with E-state index in [0.29, 0.717) is 0 Å². The molecule has 35 valence electrons. The van der Waals surface area contributed by atoms with Gasteiger partial charge in [-0.25, -0.2) is 0 Å². The minimum Gasteiger partial charge on any atom is -0.103 e. The molecule has 0 N–H and O–H groups in total. The Kier molecular flexibility index (Phi) is 16.6. The van der Waals surface area contributed by atoms with Gasteiger partial charge in [-0.2, -0.15) is 0 Å². The zero-order valence-electron chi connectivity index (χ0n) is 5.28. The van der Waals surface area contributed by atoms with Crippen molar-refractivity contribution < 1.29 is 51.4 Å².